The minimum atomic E-state index is -0.154. The number of fused-ring (bicyclic) bond motifs is 1. The lowest BCUT2D eigenvalue weighted by Gasteiger charge is -2.28. The van der Waals surface area contributed by atoms with Crippen LogP contribution in [0.15, 0.2) is 57.7 Å². The topological polar surface area (TPSA) is 45.5 Å². The molecule has 5 heteroatoms. The van der Waals surface area contributed by atoms with Crippen molar-refractivity contribution in [2.45, 2.75) is 19.9 Å². The molecule has 2 aliphatic heterocycles. The second kappa shape index (κ2) is 7.69. The highest BCUT2D eigenvalue weighted by Crippen LogP contribution is 2.34. The Kier molecular flexibility index (Phi) is 5.12. The van der Waals surface area contributed by atoms with Crippen LogP contribution in [0.2, 0.25) is 0 Å². The Morgan fingerprint density at radius 2 is 1.85 bits per heavy atom. The van der Waals surface area contributed by atoms with Crippen LogP contribution in [0.1, 0.15) is 24.1 Å². The molecule has 1 aromatic rings. The summed E-state index contributed by atoms with van der Waals surface area (Å²) in [6.45, 7) is 5.84. The lowest BCUT2D eigenvalue weighted by atomic mass is 9.96. The lowest BCUT2D eigenvalue weighted by Crippen LogP contribution is -2.32. The fraction of sp³-hybridized carbons (Fsp3) is 0.318. The zero-order chi connectivity index (χ0) is 18.8. The van der Waals surface area contributed by atoms with Gasteiger partial charge in [0.05, 0.1) is 11.6 Å². The summed E-state index contributed by atoms with van der Waals surface area (Å²) in [6, 6.07) is 15.8. The van der Waals surface area contributed by atoms with E-state index in [1.54, 1.807) is 0 Å². The molecule has 0 saturated carbocycles. The van der Waals surface area contributed by atoms with Gasteiger partial charge >= 0.3 is 0 Å². The van der Waals surface area contributed by atoms with Crippen molar-refractivity contribution in [3.05, 3.63) is 69.9 Å². The Labute approximate surface area is 163 Å². The summed E-state index contributed by atoms with van der Waals surface area (Å²) in [7, 11) is 0. The van der Waals surface area contributed by atoms with Crippen LogP contribution in [-0.2, 0) is 0 Å². The summed E-state index contributed by atoms with van der Waals surface area (Å²) in [5, 5.41) is 3.44. The summed E-state index contributed by atoms with van der Waals surface area (Å²) < 4.78 is 6.30. The van der Waals surface area contributed by atoms with Gasteiger partial charge in [-0.05, 0) is 49.7 Å². The van der Waals surface area contributed by atoms with E-state index in [1.807, 2.05) is 68.1 Å². The van der Waals surface area contributed by atoms with Crippen LogP contribution >= 0.6 is 11.8 Å². The van der Waals surface area contributed by atoms with Gasteiger partial charge < -0.3 is 14.6 Å². The maximum atomic E-state index is 13.0. The fourth-order valence-corrected chi connectivity index (χ4v) is 4.48. The minimum absolute atomic E-state index is 0.0496. The number of rotatable bonds is 4. The SMILES string of the molecule is Cc1cc2ccc(N3CCSCC3)oc-2c([C@@H](C)Nc2ccccc2)c1=O. The van der Waals surface area contributed by atoms with Crippen LogP contribution in [0.4, 0.5) is 11.6 Å². The molecule has 0 bridgehead atoms. The molecule has 1 N–H and O–H groups in total. The molecule has 4 rings (SSSR count). The largest absolute Gasteiger partial charge is 0.440 e. The van der Waals surface area contributed by atoms with Crippen molar-refractivity contribution in [3.8, 4) is 11.3 Å². The first kappa shape index (κ1) is 18.0. The third-order valence-electron chi connectivity index (χ3n) is 5.01. The first-order valence-corrected chi connectivity index (χ1v) is 10.5. The average molecular weight is 381 g/mol. The molecule has 0 aromatic heterocycles. The van der Waals surface area contributed by atoms with Gasteiger partial charge in [-0.1, -0.05) is 18.2 Å². The average Bonchev–Trinajstić information content (AvgIpc) is 2.70. The predicted octanol–water partition coefficient (Wildman–Crippen LogP) is 4.78. The first-order chi connectivity index (χ1) is 13.1. The number of hydrogen-bond donors (Lipinski definition) is 1. The highest BCUT2D eigenvalue weighted by atomic mass is 32.2. The molecule has 1 aromatic carbocycles. The van der Waals surface area contributed by atoms with Crippen molar-refractivity contribution in [2.75, 3.05) is 34.8 Å². The highest BCUT2D eigenvalue weighted by molar-refractivity contribution is 7.99. The van der Waals surface area contributed by atoms with Crippen molar-refractivity contribution in [2.24, 2.45) is 0 Å². The Morgan fingerprint density at radius 3 is 2.59 bits per heavy atom. The standard InChI is InChI=1S/C22H24N2O2S/c1-15-14-17-8-9-19(24-10-12-27-13-11-24)26-22(17)20(21(15)25)16(2)23-18-6-4-3-5-7-18/h3-9,14,16,23H,10-13H2,1-2H3/t16-/m1/s1. The predicted molar refractivity (Wildman–Crippen MR) is 114 cm³/mol. The number of para-hydroxylation sites is 1. The van der Waals surface area contributed by atoms with Gasteiger partial charge in [-0.25, -0.2) is 0 Å². The quantitative estimate of drug-likeness (QED) is 0.706. The minimum Gasteiger partial charge on any atom is -0.440 e. The lowest BCUT2D eigenvalue weighted by molar-refractivity contribution is 0.538. The molecule has 1 fully saturated rings. The Bertz CT molecular complexity index is 948. The molecule has 27 heavy (non-hydrogen) atoms. The van der Waals surface area contributed by atoms with E-state index in [1.165, 1.54) is 0 Å². The molecule has 1 saturated heterocycles. The van der Waals surface area contributed by atoms with Crippen molar-refractivity contribution >= 4 is 23.3 Å². The van der Waals surface area contributed by atoms with Crippen LogP contribution in [0, 0.1) is 6.92 Å². The zero-order valence-corrected chi connectivity index (χ0v) is 16.5. The Hall–Kier alpha value is -2.40. The van der Waals surface area contributed by atoms with E-state index in [0.717, 1.165) is 47.3 Å². The molecule has 140 valence electrons. The van der Waals surface area contributed by atoms with E-state index in [0.29, 0.717) is 11.3 Å². The van der Waals surface area contributed by atoms with E-state index in [2.05, 4.69) is 16.3 Å². The molecule has 0 spiro atoms. The van der Waals surface area contributed by atoms with Gasteiger partial charge in [-0.3, -0.25) is 4.79 Å². The van der Waals surface area contributed by atoms with Crippen LogP contribution < -0.4 is 15.6 Å². The number of aryl methyl sites for hydroxylation is 1. The Balaban J connectivity index is 1.77. The molecule has 4 nitrogen and oxygen atoms in total. The number of thioether (sulfide) groups is 1. The smallest absolute Gasteiger partial charge is 0.196 e. The number of benzene rings is 2. The molecule has 3 aliphatic rings. The Morgan fingerprint density at radius 1 is 1.11 bits per heavy atom. The van der Waals surface area contributed by atoms with E-state index in [-0.39, 0.29) is 11.5 Å². The molecule has 0 radical (unpaired) electrons. The summed E-state index contributed by atoms with van der Waals surface area (Å²) in [5.74, 6) is 3.75. The third kappa shape index (κ3) is 3.69. The second-order valence-electron chi connectivity index (χ2n) is 6.96. The normalized spacial score (nSPS) is 15.7. The molecular formula is C22H24N2O2S. The third-order valence-corrected chi connectivity index (χ3v) is 5.95. The van der Waals surface area contributed by atoms with Crippen molar-refractivity contribution < 1.29 is 4.42 Å². The maximum absolute atomic E-state index is 13.0. The van der Waals surface area contributed by atoms with Gasteiger partial charge in [0, 0.05) is 35.8 Å². The van der Waals surface area contributed by atoms with Gasteiger partial charge in [-0.15, -0.1) is 0 Å². The van der Waals surface area contributed by atoms with Crippen LogP contribution in [0.25, 0.3) is 11.3 Å². The number of anilines is 2. The summed E-state index contributed by atoms with van der Waals surface area (Å²) in [5.41, 5.74) is 3.45. The summed E-state index contributed by atoms with van der Waals surface area (Å²) in [6.07, 6.45) is 0. The first-order valence-electron chi connectivity index (χ1n) is 9.35. The van der Waals surface area contributed by atoms with E-state index >= 15 is 0 Å². The van der Waals surface area contributed by atoms with Crippen LogP contribution in [0.5, 0.6) is 0 Å². The summed E-state index contributed by atoms with van der Waals surface area (Å²) >= 11 is 1.97. The number of hydrogen-bond acceptors (Lipinski definition) is 5. The number of nitrogens with one attached hydrogen (secondary N) is 1. The monoisotopic (exact) mass is 380 g/mol. The van der Waals surface area contributed by atoms with E-state index < -0.39 is 0 Å². The maximum Gasteiger partial charge on any atom is 0.196 e. The van der Waals surface area contributed by atoms with Gasteiger partial charge in [0.25, 0.3) is 0 Å². The molecule has 0 unspecified atom stereocenters. The molecule has 2 heterocycles. The highest BCUT2D eigenvalue weighted by Gasteiger charge is 2.23. The summed E-state index contributed by atoms with van der Waals surface area (Å²) in [4.78, 5) is 15.2. The van der Waals surface area contributed by atoms with Crippen molar-refractivity contribution in [1.82, 2.24) is 0 Å². The van der Waals surface area contributed by atoms with Gasteiger partial charge in [0.15, 0.2) is 11.3 Å². The molecule has 1 aliphatic carbocycles. The molecular weight excluding hydrogens is 356 g/mol. The molecule has 1 atom stereocenters. The van der Waals surface area contributed by atoms with Crippen LogP contribution in [-0.4, -0.2) is 24.6 Å². The molecule has 0 amide bonds. The second-order valence-corrected chi connectivity index (χ2v) is 8.18. The zero-order valence-electron chi connectivity index (χ0n) is 15.7. The number of nitrogens with zero attached hydrogens (tertiary/aromatic N) is 1. The van der Waals surface area contributed by atoms with Gasteiger partial charge in [0.2, 0.25) is 0 Å². The van der Waals surface area contributed by atoms with Crippen molar-refractivity contribution in [1.29, 1.82) is 0 Å². The van der Waals surface area contributed by atoms with E-state index in [4.69, 9.17) is 4.42 Å². The van der Waals surface area contributed by atoms with Gasteiger partial charge in [0.1, 0.15) is 5.76 Å². The van der Waals surface area contributed by atoms with Crippen molar-refractivity contribution in [3.63, 3.8) is 0 Å². The van der Waals surface area contributed by atoms with E-state index in [9.17, 15) is 4.79 Å². The fourth-order valence-electron chi connectivity index (χ4n) is 3.58. The van der Waals surface area contributed by atoms with Crippen LogP contribution in [0.3, 0.4) is 0 Å². The van der Waals surface area contributed by atoms with Gasteiger partial charge in [-0.2, -0.15) is 11.8 Å².